The summed E-state index contributed by atoms with van der Waals surface area (Å²) in [6, 6.07) is 16.8. The first-order chi connectivity index (χ1) is 13.6. The summed E-state index contributed by atoms with van der Waals surface area (Å²) in [4.78, 5) is 5.33. The van der Waals surface area contributed by atoms with Gasteiger partial charge in [-0.15, -0.1) is 0 Å². The van der Waals surface area contributed by atoms with Crippen molar-refractivity contribution in [1.29, 1.82) is 0 Å². The lowest BCUT2D eigenvalue weighted by Gasteiger charge is -2.31. The van der Waals surface area contributed by atoms with Crippen LogP contribution < -0.4 is 4.72 Å². The molecule has 0 atom stereocenters. The van der Waals surface area contributed by atoms with E-state index < -0.39 is 10.0 Å². The number of hydrogen-bond donors (Lipinski definition) is 1. The van der Waals surface area contributed by atoms with E-state index in [1.165, 1.54) is 0 Å². The SMILES string of the molecule is [N-]=[N+]=NCC1CCN(CCNS(=O)(=O)c2ccc(-c3ccccc3)cc2)CC1. The molecule has 2 aromatic carbocycles. The van der Waals surface area contributed by atoms with Gasteiger partial charge in [0, 0.05) is 24.5 Å². The molecule has 7 nitrogen and oxygen atoms in total. The number of sulfonamides is 1. The molecule has 0 saturated carbocycles. The molecule has 0 radical (unpaired) electrons. The van der Waals surface area contributed by atoms with E-state index in [0.29, 0.717) is 25.6 Å². The summed E-state index contributed by atoms with van der Waals surface area (Å²) in [5, 5.41) is 3.64. The molecule has 0 amide bonds. The van der Waals surface area contributed by atoms with Gasteiger partial charge in [-0.25, -0.2) is 13.1 Å². The second kappa shape index (κ2) is 9.71. The zero-order chi connectivity index (χ0) is 19.8. The van der Waals surface area contributed by atoms with Crippen molar-refractivity contribution in [1.82, 2.24) is 9.62 Å². The predicted octanol–water partition coefficient (Wildman–Crippen LogP) is 3.65. The van der Waals surface area contributed by atoms with E-state index in [1.807, 2.05) is 42.5 Å². The van der Waals surface area contributed by atoms with Crippen molar-refractivity contribution in [2.75, 3.05) is 32.7 Å². The first kappa shape index (κ1) is 20.4. The third kappa shape index (κ3) is 5.56. The smallest absolute Gasteiger partial charge is 0.240 e. The Kier molecular flexibility index (Phi) is 7.06. The van der Waals surface area contributed by atoms with Gasteiger partial charge in [-0.05, 0) is 60.6 Å². The fourth-order valence-corrected chi connectivity index (χ4v) is 4.44. The van der Waals surface area contributed by atoms with Crippen LogP contribution in [0.4, 0.5) is 0 Å². The summed E-state index contributed by atoms with van der Waals surface area (Å²) in [5.74, 6) is 0.437. The van der Waals surface area contributed by atoms with Crippen LogP contribution in [-0.4, -0.2) is 46.0 Å². The fourth-order valence-electron chi connectivity index (χ4n) is 3.42. The largest absolute Gasteiger partial charge is 0.302 e. The summed E-state index contributed by atoms with van der Waals surface area (Å²) < 4.78 is 27.7. The molecule has 0 spiro atoms. The van der Waals surface area contributed by atoms with Gasteiger partial charge < -0.3 is 4.90 Å². The van der Waals surface area contributed by atoms with Gasteiger partial charge in [0.2, 0.25) is 10.0 Å². The molecule has 0 unspecified atom stereocenters. The number of hydrogen-bond acceptors (Lipinski definition) is 4. The van der Waals surface area contributed by atoms with Crippen molar-refractivity contribution in [2.45, 2.75) is 17.7 Å². The van der Waals surface area contributed by atoms with Gasteiger partial charge in [-0.3, -0.25) is 0 Å². The van der Waals surface area contributed by atoms with Crippen LogP contribution in [0.15, 0.2) is 64.6 Å². The van der Waals surface area contributed by atoms with E-state index in [-0.39, 0.29) is 4.90 Å². The van der Waals surface area contributed by atoms with Gasteiger partial charge in [-0.2, -0.15) is 0 Å². The first-order valence-corrected chi connectivity index (χ1v) is 11.0. The number of nitrogens with zero attached hydrogens (tertiary/aromatic N) is 4. The van der Waals surface area contributed by atoms with E-state index in [1.54, 1.807) is 12.1 Å². The van der Waals surface area contributed by atoms with Crippen LogP contribution in [0.1, 0.15) is 12.8 Å². The van der Waals surface area contributed by atoms with Crippen molar-refractivity contribution in [2.24, 2.45) is 11.0 Å². The molecule has 1 heterocycles. The zero-order valence-electron chi connectivity index (χ0n) is 15.7. The monoisotopic (exact) mass is 399 g/mol. The molecule has 0 aliphatic carbocycles. The lowest BCUT2D eigenvalue weighted by Crippen LogP contribution is -2.40. The molecule has 148 valence electrons. The summed E-state index contributed by atoms with van der Waals surface area (Å²) in [6.45, 7) is 3.41. The molecule has 2 aromatic rings. The molecule has 0 aromatic heterocycles. The molecular formula is C20H25N5O2S. The van der Waals surface area contributed by atoms with Gasteiger partial charge in [0.25, 0.3) is 0 Å². The van der Waals surface area contributed by atoms with Crippen LogP contribution >= 0.6 is 0 Å². The Morgan fingerprint density at radius 1 is 1.04 bits per heavy atom. The summed E-state index contributed by atoms with van der Waals surface area (Å²) >= 11 is 0. The molecule has 1 aliphatic rings. The van der Waals surface area contributed by atoms with E-state index >= 15 is 0 Å². The van der Waals surface area contributed by atoms with E-state index in [0.717, 1.165) is 37.1 Å². The molecule has 1 N–H and O–H groups in total. The Morgan fingerprint density at radius 3 is 2.32 bits per heavy atom. The normalized spacial score (nSPS) is 15.9. The van der Waals surface area contributed by atoms with Crippen molar-refractivity contribution < 1.29 is 8.42 Å². The summed E-state index contributed by atoms with van der Waals surface area (Å²) in [7, 11) is -3.51. The average molecular weight is 400 g/mol. The Hall–Kier alpha value is -2.38. The van der Waals surface area contributed by atoms with Gasteiger partial charge in [0.05, 0.1) is 4.90 Å². The minimum absolute atomic E-state index is 0.278. The number of rotatable bonds is 8. The summed E-state index contributed by atoms with van der Waals surface area (Å²) in [6.07, 6.45) is 1.96. The van der Waals surface area contributed by atoms with Crippen LogP contribution in [0.2, 0.25) is 0 Å². The Labute approximate surface area is 166 Å². The Morgan fingerprint density at radius 2 is 1.68 bits per heavy atom. The third-order valence-electron chi connectivity index (χ3n) is 5.10. The molecule has 0 bridgehead atoms. The zero-order valence-corrected chi connectivity index (χ0v) is 16.6. The predicted molar refractivity (Wildman–Crippen MR) is 110 cm³/mol. The second-order valence-electron chi connectivity index (χ2n) is 6.99. The molecular weight excluding hydrogens is 374 g/mol. The molecule has 1 saturated heterocycles. The second-order valence-corrected chi connectivity index (χ2v) is 8.75. The van der Waals surface area contributed by atoms with Gasteiger partial charge in [-0.1, -0.05) is 47.6 Å². The van der Waals surface area contributed by atoms with E-state index in [9.17, 15) is 8.42 Å². The van der Waals surface area contributed by atoms with Crippen molar-refractivity contribution in [3.05, 3.63) is 65.0 Å². The quantitative estimate of drug-likeness (QED) is 0.417. The standard InChI is InChI=1S/C20H25N5O2S/c21-24-22-16-17-10-13-25(14-11-17)15-12-23-28(26,27)20-8-6-19(7-9-20)18-4-2-1-3-5-18/h1-9,17,23H,10-16H2. The topological polar surface area (TPSA) is 98.2 Å². The number of azide groups is 1. The lowest BCUT2D eigenvalue weighted by atomic mass is 9.97. The lowest BCUT2D eigenvalue weighted by molar-refractivity contribution is 0.190. The van der Waals surface area contributed by atoms with Crippen LogP contribution in [0.25, 0.3) is 21.6 Å². The molecule has 1 fully saturated rings. The highest BCUT2D eigenvalue weighted by Gasteiger charge is 2.19. The minimum atomic E-state index is -3.51. The van der Waals surface area contributed by atoms with Gasteiger partial charge in [0.15, 0.2) is 0 Å². The molecule has 1 aliphatic heterocycles. The third-order valence-corrected chi connectivity index (χ3v) is 6.58. The van der Waals surface area contributed by atoms with Crippen LogP contribution in [0, 0.1) is 5.92 Å². The van der Waals surface area contributed by atoms with Crippen molar-refractivity contribution in [3.63, 3.8) is 0 Å². The highest BCUT2D eigenvalue weighted by atomic mass is 32.2. The van der Waals surface area contributed by atoms with Gasteiger partial charge in [0.1, 0.15) is 0 Å². The maximum atomic E-state index is 12.5. The van der Waals surface area contributed by atoms with Crippen molar-refractivity contribution in [3.8, 4) is 11.1 Å². The Bertz CT molecular complexity index is 901. The minimum Gasteiger partial charge on any atom is -0.302 e. The van der Waals surface area contributed by atoms with Crippen LogP contribution in [0.5, 0.6) is 0 Å². The van der Waals surface area contributed by atoms with Crippen LogP contribution in [0.3, 0.4) is 0 Å². The maximum Gasteiger partial charge on any atom is 0.240 e. The average Bonchev–Trinajstić information content (AvgIpc) is 2.74. The number of likely N-dealkylation sites (tertiary alicyclic amines) is 1. The van der Waals surface area contributed by atoms with Gasteiger partial charge >= 0.3 is 0 Å². The number of benzene rings is 2. The fraction of sp³-hybridized carbons (Fsp3) is 0.400. The maximum absolute atomic E-state index is 12.5. The Balaban J connectivity index is 1.48. The first-order valence-electron chi connectivity index (χ1n) is 9.47. The highest BCUT2D eigenvalue weighted by molar-refractivity contribution is 7.89. The summed E-state index contributed by atoms with van der Waals surface area (Å²) in [5.41, 5.74) is 10.4. The molecule has 3 rings (SSSR count). The number of piperidine rings is 1. The highest BCUT2D eigenvalue weighted by Crippen LogP contribution is 2.21. The molecule has 8 heteroatoms. The van der Waals surface area contributed by atoms with Crippen molar-refractivity contribution >= 4 is 10.0 Å². The molecule has 28 heavy (non-hydrogen) atoms. The number of nitrogens with one attached hydrogen (secondary N) is 1. The van der Waals surface area contributed by atoms with E-state index in [2.05, 4.69) is 19.6 Å². The van der Waals surface area contributed by atoms with E-state index in [4.69, 9.17) is 5.53 Å². The van der Waals surface area contributed by atoms with Crippen LogP contribution in [-0.2, 0) is 10.0 Å².